The van der Waals surface area contributed by atoms with Gasteiger partial charge in [0.25, 0.3) is 0 Å². The highest BCUT2D eigenvalue weighted by atomic mass is 19.1. The average Bonchev–Trinajstić information content (AvgIpc) is 3.11. The molecule has 7 nitrogen and oxygen atoms in total. The molecule has 2 aromatic rings. The van der Waals surface area contributed by atoms with Gasteiger partial charge in [0.05, 0.1) is 12.2 Å². The summed E-state index contributed by atoms with van der Waals surface area (Å²) in [5.74, 6) is -0.420. The minimum Gasteiger partial charge on any atom is -0.445 e. The van der Waals surface area contributed by atoms with E-state index in [1.807, 2.05) is 37.3 Å². The zero-order chi connectivity index (χ0) is 21.3. The molecular weight excluding hydrogens is 389 g/mol. The Balaban J connectivity index is 1.38. The van der Waals surface area contributed by atoms with Gasteiger partial charge in [-0.3, -0.25) is 4.90 Å². The van der Waals surface area contributed by atoms with Gasteiger partial charge in [0.2, 0.25) is 0 Å². The fourth-order valence-electron chi connectivity index (χ4n) is 3.92. The molecule has 0 saturated carbocycles. The van der Waals surface area contributed by atoms with Crippen LogP contribution in [0.4, 0.5) is 19.7 Å². The number of hydrogen-bond donors (Lipinski definition) is 1. The Labute approximate surface area is 174 Å². The quantitative estimate of drug-likeness (QED) is 0.815. The number of hydrogen-bond acceptors (Lipinski definition) is 5. The zero-order valence-corrected chi connectivity index (χ0v) is 16.7. The van der Waals surface area contributed by atoms with Crippen molar-refractivity contribution >= 4 is 17.9 Å². The summed E-state index contributed by atoms with van der Waals surface area (Å²) in [5.41, 5.74) is 6.87. The van der Waals surface area contributed by atoms with Crippen LogP contribution >= 0.6 is 0 Å². The minimum absolute atomic E-state index is 0.200. The van der Waals surface area contributed by atoms with Crippen molar-refractivity contribution in [2.75, 3.05) is 31.1 Å². The molecule has 2 amide bonds. The Morgan fingerprint density at radius 2 is 2.00 bits per heavy atom. The van der Waals surface area contributed by atoms with Crippen LogP contribution in [0.25, 0.3) is 0 Å². The molecule has 0 spiro atoms. The number of benzene rings is 2. The number of rotatable bonds is 5. The molecule has 4 rings (SSSR count). The Morgan fingerprint density at radius 1 is 1.27 bits per heavy atom. The molecule has 0 aliphatic carbocycles. The van der Waals surface area contributed by atoms with E-state index in [1.165, 1.54) is 11.0 Å². The molecule has 8 heteroatoms. The van der Waals surface area contributed by atoms with Gasteiger partial charge < -0.3 is 20.1 Å². The standard InChI is InChI=1S/C22H24FN3O4/c1-22(13-25(14-22)20(27)29-12-15-5-3-2-4-6-15)18-8-7-16(9-19(18)23)26-11-17(10-24)30-21(26)28/h2-9,17H,10-14,24H2,1H3/t17-/m1/s1. The summed E-state index contributed by atoms with van der Waals surface area (Å²) in [4.78, 5) is 27.2. The molecule has 2 heterocycles. The second-order valence-corrected chi connectivity index (χ2v) is 7.97. The van der Waals surface area contributed by atoms with E-state index < -0.39 is 23.4 Å². The molecule has 2 saturated heterocycles. The first kappa shape index (κ1) is 20.2. The van der Waals surface area contributed by atoms with Crippen molar-refractivity contribution in [1.29, 1.82) is 0 Å². The van der Waals surface area contributed by atoms with Gasteiger partial charge >= 0.3 is 12.2 Å². The largest absolute Gasteiger partial charge is 0.445 e. The molecule has 0 bridgehead atoms. The van der Waals surface area contributed by atoms with E-state index in [0.717, 1.165) is 5.56 Å². The highest BCUT2D eigenvalue weighted by molar-refractivity contribution is 5.89. The van der Waals surface area contributed by atoms with Crippen molar-refractivity contribution in [3.8, 4) is 0 Å². The third kappa shape index (κ3) is 3.82. The van der Waals surface area contributed by atoms with Crippen LogP contribution in [0.15, 0.2) is 48.5 Å². The second-order valence-electron chi connectivity index (χ2n) is 7.97. The number of ether oxygens (including phenoxy) is 2. The summed E-state index contributed by atoms with van der Waals surface area (Å²) in [6.07, 6.45) is -1.33. The first-order valence-electron chi connectivity index (χ1n) is 9.83. The van der Waals surface area contributed by atoms with Crippen LogP contribution in [0.5, 0.6) is 0 Å². The maximum absolute atomic E-state index is 14.9. The van der Waals surface area contributed by atoms with E-state index in [9.17, 15) is 14.0 Å². The summed E-state index contributed by atoms with van der Waals surface area (Å²) in [5, 5.41) is 0. The van der Waals surface area contributed by atoms with Gasteiger partial charge in [0.1, 0.15) is 18.5 Å². The second kappa shape index (κ2) is 7.95. The van der Waals surface area contributed by atoms with Crippen molar-refractivity contribution < 1.29 is 23.5 Å². The number of nitrogens with two attached hydrogens (primary N) is 1. The topological polar surface area (TPSA) is 85.1 Å². The van der Waals surface area contributed by atoms with Crippen LogP contribution in [-0.4, -0.2) is 49.4 Å². The number of likely N-dealkylation sites (tertiary alicyclic amines) is 1. The summed E-state index contributed by atoms with van der Waals surface area (Å²) in [6.45, 7) is 3.34. The normalized spacial score (nSPS) is 20.0. The van der Waals surface area contributed by atoms with Crippen molar-refractivity contribution in [2.45, 2.75) is 25.0 Å². The van der Waals surface area contributed by atoms with Crippen molar-refractivity contribution in [3.63, 3.8) is 0 Å². The maximum Gasteiger partial charge on any atom is 0.414 e. The summed E-state index contributed by atoms with van der Waals surface area (Å²) >= 11 is 0. The number of cyclic esters (lactones) is 1. The Hall–Kier alpha value is -3.13. The molecular formula is C22H24FN3O4. The van der Waals surface area contributed by atoms with E-state index in [0.29, 0.717) is 30.9 Å². The van der Waals surface area contributed by atoms with Gasteiger partial charge in [-0.25, -0.2) is 14.0 Å². The lowest BCUT2D eigenvalue weighted by atomic mass is 9.75. The van der Waals surface area contributed by atoms with Gasteiger partial charge in [-0.2, -0.15) is 0 Å². The number of carbonyl (C=O) groups excluding carboxylic acids is 2. The van der Waals surface area contributed by atoms with Crippen LogP contribution in [-0.2, 0) is 21.5 Å². The van der Waals surface area contributed by atoms with Crippen molar-refractivity contribution in [1.82, 2.24) is 4.90 Å². The lowest BCUT2D eigenvalue weighted by Gasteiger charge is -2.47. The van der Waals surface area contributed by atoms with Gasteiger partial charge in [0.15, 0.2) is 0 Å². The van der Waals surface area contributed by atoms with E-state index in [-0.39, 0.29) is 19.3 Å². The van der Waals surface area contributed by atoms with Gasteiger partial charge in [-0.05, 0) is 23.3 Å². The first-order valence-corrected chi connectivity index (χ1v) is 9.83. The molecule has 2 N–H and O–H groups in total. The van der Waals surface area contributed by atoms with Crippen LogP contribution in [0, 0.1) is 5.82 Å². The predicted molar refractivity (Wildman–Crippen MR) is 109 cm³/mol. The number of halogens is 1. The zero-order valence-electron chi connectivity index (χ0n) is 16.7. The highest BCUT2D eigenvalue weighted by Crippen LogP contribution is 2.37. The number of carbonyl (C=O) groups is 2. The molecule has 2 aliphatic rings. The smallest absolute Gasteiger partial charge is 0.414 e. The number of amides is 2. The van der Waals surface area contributed by atoms with Gasteiger partial charge in [0, 0.05) is 25.0 Å². The summed E-state index contributed by atoms with van der Waals surface area (Å²) < 4.78 is 25.3. The number of nitrogens with zero attached hydrogens (tertiary/aromatic N) is 2. The predicted octanol–water partition coefficient (Wildman–Crippen LogP) is 3.02. The van der Waals surface area contributed by atoms with Crippen molar-refractivity contribution in [3.05, 3.63) is 65.5 Å². The van der Waals surface area contributed by atoms with Crippen LogP contribution in [0.2, 0.25) is 0 Å². The SMILES string of the molecule is CC1(c2ccc(N3C[C@@H](CN)OC3=O)cc2F)CN(C(=O)OCc2ccccc2)C1. The minimum atomic E-state index is -0.528. The summed E-state index contributed by atoms with van der Waals surface area (Å²) in [7, 11) is 0. The molecule has 2 aromatic carbocycles. The molecule has 0 aromatic heterocycles. The fourth-order valence-corrected chi connectivity index (χ4v) is 3.92. The summed E-state index contributed by atoms with van der Waals surface area (Å²) in [6, 6.07) is 14.1. The monoisotopic (exact) mass is 413 g/mol. The van der Waals surface area contributed by atoms with E-state index in [2.05, 4.69) is 0 Å². The molecule has 1 atom stereocenters. The molecule has 2 fully saturated rings. The molecule has 0 unspecified atom stereocenters. The van der Waals surface area contributed by atoms with E-state index >= 15 is 0 Å². The molecule has 30 heavy (non-hydrogen) atoms. The third-order valence-corrected chi connectivity index (χ3v) is 5.59. The third-order valence-electron chi connectivity index (χ3n) is 5.59. The molecule has 158 valence electrons. The van der Waals surface area contributed by atoms with E-state index in [4.69, 9.17) is 15.2 Å². The lowest BCUT2D eigenvalue weighted by Crippen LogP contribution is -2.60. The lowest BCUT2D eigenvalue weighted by molar-refractivity contribution is 0.0384. The first-order chi connectivity index (χ1) is 14.4. The van der Waals surface area contributed by atoms with Crippen molar-refractivity contribution in [2.24, 2.45) is 5.73 Å². The Bertz CT molecular complexity index is 947. The van der Waals surface area contributed by atoms with E-state index in [1.54, 1.807) is 17.0 Å². The Kier molecular flexibility index (Phi) is 5.34. The fraction of sp³-hybridized carbons (Fsp3) is 0.364. The van der Waals surface area contributed by atoms with Crippen LogP contribution < -0.4 is 10.6 Å². The van der Waals surface area contributed by atoms with Crippen LogP contribution in [0.1, 0.15) is 18.1 Å². The average molecular weight is 413 g/mol. The number of anilines is 1. The molecule has 2 aliphatic heterocycles. The highest BCUT2D eigenvalue weighted by Gasteiger charge is 2.45. The maximum atomic E-state index is 14.9. The Morgan fingerprint density at radius 3 is 2.63 bits per heavy atom. The molecule has 0 radical (unpaired) electrons. The van der Waals surface area contributed by atoms with Crippen LogP contribution in [0.3, 0.4) is 0 Å². The van der Waals surface area contributed by atoms with Gasteiger partial charge in [-0.1, -0.05) is 43.3 Å². The van der Waals surface area contributed by atoms with Gasteiger partial charge in [-0.15, -0.1) is 0 Å².